The standard InChI is InChI=1S/C27H32N2O6S2/c1-20-5-10-27(25(15-20)33-2)37(31,32)29-12-4-11-28(13-14-29)17-22-16-24(30)26(19-34-22)35-18-21-6-8-23(36-3)9-7-21/h5-10,15-16,19H,4,11-14,17-18H2,1-3H3. The molecule has 0 saturated carbocycles. The Morgan fingerprint density at radius 3 is 2.49 bits per heavy atom. The highest BCUT2D eigenvalue weighted by Crippen LogP contribution is 2.28. The van der Waals surface area contributed by atoms with Crippen molar-refractivity contribution < 1.29 is 22.3 Å². The monoisotopic (exact) mass is 544 g/mol. The summed E-state index contributed by atoms with van der Waals surface area (Å²) in [6.07, 6.45) is 4.03. The number of methoxy groups -OCH3 is 1. The molecule has 0 spiro atoms. The molecule has 1 aromatic heterocycles. The van der Waals surface area contributed by atoms with Gasteiger partial charge in [0.15, 0.2) is 0 Å². The van der Waals surface area contributed by atoms with E-state index in [1.165, 1.54) is 23.7 Å². The minimum absolute atomic E-state index is 0.165. The van der Waals surface area contributed by atoms with Gasteiger partial charge in [0.25, 0.3) is 0 Å². The van der Waals surface area contributed by atoms with E-state index in [2.05, 4.69) is 4.90 Å². The first-order valence-corrected chi connectivity index (χ1v) is 14.7. The van der Waals surface area contributed by atoms with Crippen LogP contribution in [0.3, 0.4) is 0 Å². The zero-order valence-electron chi connectivity index (χ0n) is 21.3. The van der Waals surface area contributed by atoms with E-state index in [1.807, 2.05) is 37.4 Å². The number of benzene rings is 2. The molecule has 2 aromatic carbocycles. The van der Waals surface area contributed by atoms with Crippen LogP contribution in [0.15, 0.2) is 73.8 Å². The second-order valence-corrected chi connectivity index (χ2v) is 11.7. The lowest BCUT2D eigenvalue weighted by atomic mass is 10.2. The molecule has 1 aliphatic rings. The molecule has 3 aromatic rings. The molecule has 10 heteroatoms. The summed E-state index contributed by atoms with van der Waals surface area (Å²) in [5.41, 5.74) is 1.65. The minimum Gasteiger partial charge on any atom is -0.495 e. The fourth-order valence-electron chi connectivity index (χ4n) is 4.20. The summed E-state index contributed by atoms with van der Waals surface area (Å²) in [5.74, 6) is 1.03. The van der Waals surface area contributed by atoms with E-state index >= 15 is 0 Å². The van der Waals surface area contributed by atoms with E-state index in [0.717, 1.165) is 16.0 Å². The number of rotatable bonds is 9. The Hall–Kier alpha value is -2.79. The highest BCUT2D eigenvalue weighted by molar-refractivity contribution is 7.98. The van der Waals surface area contributed by atoms with E-state index in [9.17, 15) is 13.2 Å². The van der Waals surface area contributed by atoms with Crippen LogP contribution in [0, 0.1) is 6.92 Å². The smallest absolute Gasteiger partial charge is 0.246 e. The van der Waals surface area contributed by atoms with Crippen molar-refractivity contribution in [2.75, 3.05) is 39.5 Å². The largest absolute Gasteiger partial charge is 0.495 e. The summed E-state index contributed by atoms with van der Waals surface area (Å²) in [7, 11) is -2.22. The molecule has 0 amide bonds. The van der Waals surface area contributed by atoms with Crippen molar-refractivity contribution in [1.29, 1.82) is 0 Å². The van der Waals surface area contributed by atoms with Crippen molar-refractivity contribution in [3.05, 3.63) is 81.9 Å². The summed E-state index contributed by atoms with van der Waals surface area (Å²) >= 11 is 1.67. The van der Waals surface area contributed by atoms with E-state index in [-0.39, 0.29) is 22.7 Å². The quantitative estimate of drug-likeness (QED) is 0.371. The van der Waals surface area contributed by atoms with Gasteiger partial charge in [0.05, 0.1) is 13.7 Å². The van der Waals surface area contributed by atoms with Crippen LogP contribution in [0.1, 0.15) is 23.3 Å². The molecule has 198 valence electrons. The summed E-state index contributed by atoms with van der Waals surface area (Å²) in [6, 6.07) is 14.5. The number of ether oxygens (including phenoxy) is 2. The van der Waals surface area contributed by atoms with Crippen molar-refractivity contribution in [3.8, 4) is 11.5 Å². The third-order valence-corrected chi connectivity index (χ3v) is 8.95. The molecule has 2 heterocycles. The topological polar surface area (TPSA) is 89.3 Å². The van der Waals surface area contributed by atoms with Crippen molar-refractivity contribution in [1.82, 2.24) is 9.21 Å². The van der Waals surface area contributed by atoms with Gasteiger partial charge >= 0.3 is 0 Å². The lowest BCUT2D eigenvalue weighted by Crippen LogP contribution is -2.35. The van der Waals surface area contributed by atoms with Gasteiger partial charge in [0, 0.05) is 30.6 Å². The van der Waals surface area contributed by atoms with Crippen LogP contribution < -0.4 is 14.9 Å². The van der Waals surface area contributed by atoms with Crippen LogP contribution in [0.4, 0.5) is 0 Å². The Labute approximate surface area is 222 Å². The molecule has 0 radical (unpaired) electrons. The van der Waals surface area contributed by atoms with Gasteiger partial charge in [-0.1, -0.05) is 18.2 Å². The highest BCUT2D eigenvalue weighted by atomic mass is 32.2. The zero-order valence-corrected chi connectivity index (χ0v) is 22.9. The van der Waals surface area contributed by atoms with E-state index in [4.69, 9.17) is 13.9 Å². The molecule has 0 bridgehead atoms. The SMILES string of the molecule is COc1cc(C)ccc1S(=O)(=O)N1CCCN(Cc2cc(=O)c(OCc3ccc(SC)cc3)co2)CC1. The molecule has 8 nitrogen and oxygen atoms in total. The molecule has 0 unspecified atom stereocenters. The lowest BCUT2D eigenvalue weighted by molar-refractivity contribution is 0.245. The molecular formula is C27H32N2O6S2. The number of thioether (sulfide) groups is 1. The summed E-state index contributed by atoms with van der Waals surface area (Å²) in [6.45, 7) is 4.52. The van der Waals surface area contributed by atoms with Gasteiger partial charge in [-0.25, -0.2) is 8.42 Å². The van der Waals surface area contributed by atoms with Gasteiger partial charge in [-0.3, -0.25) is 9.69 Å². The molecule has 1 saturated heterocycles. The maximum Gasteiger partial charge on any atom is 0.246 e. The molecule has 1 aliphatic heterocycles. The number of sulfonamides is 1. The van der Waals surface area contributed by atoms with Crippen molar-refractivity contribution >= 4 is 21.8 Å². The lowest BCUT2D eigenvalue weighted by Gasteiger charge is -2.22. The van der Waals surface area contributed by atoms with Crippen LogP contribution in [0.25, 0.3) is 0 Å². The van der Waals surface area contributed by atoms with Gasteiger partial charge in [0.2, 0.25) is 21.2 Å². The Balaban J connectivity index is 1.36. The van der Waals surface area contributed by atoms with Crippen LogP contribution in [-0.2, 0) is 23.2 Å². The van der Waals surface area contributed by atoms with Crippen molar-refractivity contribution in [2.45, 2.75) is 36.3 Å². The first-order valence-electron chi connectivity index (χ1n) is 12.0. The second kappa shape index (κ2) is 12.2. The normalized spacial score (nSPS) is 15.3. The van der Waals surface area contributed by atoms with Gasteiger partial charge in [-0.05, 0) is 61.5 Å². The van der Waals surface area contributed by atoms with Gasteiger partial charge in [-0.2, -0.15) is 4.31 Å². The maximum absolute atomic E-state index is 13.3. The van der Waals surface area contributed by atoms with Gasteiger partial charge < -0.3 is 13.9 Å². The molecular weight excluding hydrogens is 512 g/mol. The summed E-state index contributed by atoms with van der Waals surface area (Å²) in [5, 5.41) is 0. The van der Waals surface area contributed by atoms with E-state index in [1.54, 1.807) is 30.0 Å². The second-order valence-electron chi connectivity index (χ2n) is 8.90. The third-order valence-electron chi connectivity index (χ3n) is 6.27. The Morgan fingerprint density at radius 2 is 1.78 bits per heavy atom. The zero-order chi connectivity index (χ0) is 26.4. The third kappa shape index (κ3) is 6.75. The average Bonchev–Trinajstić information content (AvgIpc) is 3.14. The van der Waals surface area contributed by atoms with Crippen LogP contribution in [0.2, 0.25) is 0 Å². The fourth-order valence-corrected chi connectivity index (χ4v) is 6.22. The Morgan fingerprint density at radius 1 is 1.00 bits per heavy atom. The molecule has 0 atom stereocenters. The number of nitrogens with zero attached hydrogens (tertiary/aromatic N) is 2. The predicted octanol–water partition coefficient (Wildman–Crippen LogP) is 4.15. The van der Waals surface area contributed by atoms with Crippen molar-refractivity contribution in [2.24, 2.45) is 0 Å². The Kier molecular flexibility index (Phi) is 8.96. The number of aryl methyl sites for hydroxylation is 1. The minimum atomic E-state index is -3.70. The fraction of sp³-hybridized carbons (Fsp3) is 0.370. The predicted molar refractivity (Wildman–Crippen MR) is 144 cm³/mol. The maximum atomic E-state index is 13.3. The Bertz CT molecular complexity index is 1370. The molecule has 4 rings (SSSR count). The van der Waals surface area contributed by atoms with Crippen LogP contribution in [-0.4, -0.2) is 57.2 Å². The first kappa shape index (κ1) is 27.3. The van der Waals surface area contributed by atoms with Crippen molar-refractivity contribution in [3.63, 3.8) is 0 Å². The van der Waals surface area contributed by atoms with Gasteiger partial charge in [0.1, 0.15) is 29.3 Å². The number of hydrogen-bond donors (Lipinski definition) is 0. The molecule has 37 heavy (non-hydrogen) atoms. The van der Waals surface area contributed by atoms with Crippen LogP contribution in [0.5, 0.6) is 11.5 Å². The van der Waals surface area contributed by atoms with E-state index < -0.39 is 10.0 Å². The van der Waals surface area contributed by atoms with Crippen LogP contribution >= 0.6 is 11.8 Å². The first-order chi connectivity index (χ1) is 17.8. The average molecular weight is 545 g/mol. The van der Waals surface area contributed by atoms with Gasteiger partial charge in [-0.15, -0.1) is 11.8 Å². The summed E-state index contributed by atoms with van der Waals surface area (Å²) in [4.78, 5) is 16.0. The summed E-state index contributed by atoms with van der Waals surface area (Å²) < 4.78 is 44.9. The number of hydrogen-bond acceptors (Lipinski definition) is 8. The molecule has 0 aliphatic carbocycles. The van der Waals surface area contributed by atoms with E-state index in [0.29, 0.717) is 50.7 Å². The highest BCUT2D eigenvalue weighted by Gasteiger charge is 2.29. The molecule has 1 fully saturated rings. The molecule has 0 N–H and O–H groups in total.